The van der Waals surface area contributed by atoms with Crippen molar-refractivity contribution in [3.8, 4) is 11.5 Å². The minimum Gasteiger partial charge on any atom is -0.497 e. The van der Waals surface area contributed by atoms with Crippen LogP contribution in [0.15, 0.2) is 64.9 Å². The van der Waals surface area contributed by atoms with Crippen molar-refractivity contribution >= 4 is 33.0 Å². The molecule has 1 heterocycles. The van der Waals surface area contributed by atoms with Gasteiger partial charge in [0.1, 0.15) is 16.4 Å². The summed E-state index contributed by atoms with van der Waals surface area (Å²) in [7, 11) is -2.60. The van der Waals surface area contributed by atoms with E-state index in [4.69, 9.17) is 8.92 Å². The van der Waals surface area contributed by atoms with Gasteiger partial charge in [0.2, 0.25) is 0 Å². The first-order valence-electron chi connectivity index (χ1n) is 12.0. The van der Waals surface area contributed by atoms with E-state index < -0.39 is 10.1 Å². The largest absolute Gasteiger partial charge is 0.497 e. The Hall–Kier alpha value is -3.04. The molecule has 0 saturated carbocycles. The first-order chi connectivity index (χ1) is 17.2. The molecule has 0 spiro atoms. The fourth-order valence-corrected chi connectivity index (χ4v) is 5.46. The van der Waals surface area contributed by atoms with Crippen molar-refractivity contribution < 1.29 is 22.1 Å². The number of anilines is 1. The van der Waals surface area contributed by atoms with Crippen LogP contribution in [0.2, 0.25) is 0 Å². The molecule has 1 unspecified atom stereocenters. The molecule has 0 N–H and O–H groups in total. The van der Waals surface area contributed by atoms with E-state index in [1.807, 2.05) is 51.3 Å². The molecular weight excluding hydrogens is 496 g/mol. The number of ether oxygens (including phenoxy) is 1. The average molecular weight is 531 g/mol. The molecule has 0 fully saturated rings. The van der Waals surface area contributed by atoms with E-state index in [1.54, 1.807) is 29.2 Å². The van der Waals surface area contributed by atoms with Gasteiger partial charge < -0.3 is 18.7 Å². The fourth-order valence-electron chi connectivity index (χ4n) is 3.82. The number of rotatable bonds is 12. The standard InChI is InChI=1S/C27H34N2O5S2/c1-6-20(4)29(27(30)26-10-9-17-35-26)19-21-11-12-22(28(7-2)8-3)18-25(21)34-36(31,32)24-15-13-23(33-5)14-16-24/h9-18,20H,6-8,19H2,1-5H3. The van der Waals surface area contributed by atoms with Gasteiger partial charge >= 0.3 is 10.1 Å². The lowest BCUT2D eigenvalue weighted by atomic mass is 10.1. The third kappa shape index (κ3) is 6.39. The molecule has 36 heavy (non-hydrogen) atoms. The molecule has 7 nitrogen and oxygen atoms in total. The minimum atomic E-state index is -4.12. The second-order valence-electron chi connectivity index (χ2n) is 8.34. The Labute approximate surface area is 218 Å². The van der Waals surface area contributed by atoms with E-state index in [-0.39, 0.29) is 29.1 Å². The van der Waals surface area contributed by atoms with Crippen molar-refractivity contribution in [2.75, 3.05) is 25.1 Å². The summed E-state index contributed by atoms with van der Waals surface area (Å²) in [5, 5.41) is 1.87. The zero-order chi connectivity index (χ0) is 26.3. The topological polar surface area (TPSA) is 76.2 Å². The highest BCUT2D eigenvalue weighted by Crippen LogP contribution is 2.31. The number of thiophene rings is 1. The molecule has 0 saturated heterocycles. The summed E-state index contributed by atoms with van der Waals surface area (Å²) < 4.78 is 37.3. The fraction of sp³-hybridized carbons (Fsp3) is 0.370. The molecule has 194 valence electrons. The number of hydrogen-bond donors (Lipinski definition) is 0. The van der Waals surface area contributed by atoms with Crippen LogP contribution in [-0.4, -0.2) is 45.5 Å². The van der Waals surface area contributed by atoms with Crippen molar-refractivity contribution in [2.45, 2.75) is 51.6 Å². The Morgan fingerprint density at radius 1 is 1.03 bits per heavy atom. The van der Waals surface area contributed by atoms with E-state index in [0.717, 1.165) is 25.2 Å². The molecule has 0 aliphatic heterocycles. The summed E-state index contributed by atoms with van der Waals surface area (Å²) in [6, 6.07) is 15.2. The molecule has 3 rings (SSSR count). The van der Waals surface area contributed by atoms with Crippen molar-refractivity contribution in [3.63, 3.8) is 0 Å². The molecule has 0 aliphatic carbocycles. The minimum absolute atomic E-state index is 0.0240. The third-order valence-corrected chi connectivity index (χ3v) is 8.29. The van der Waals surface area contributed by atoms with Crippen LogP contribution in [0.4, 0.5) is 5.69 Å². The highest BCUT2D eigenvalue weighted by molar-refractivity contribution is 7.87. The lowest BCUT2D eigenvalue weighted by molar-refractivity contribution is 0.0676. The molecular formula is C27H34N2O5S2. The molecule has 9 heteroatoms. The smallest absolute Gasteiger partial charge is 0.339 e. The van der Waals surface area contributed by atoms with Gasteiger partial charge in [0.15, 0.2) is 0 Å². The van der Waals surface area contributed by atoms with E-state index >= 15 is 0 Å². The van der Waals surface area contributed by atoms with E-state index in [1.165, 1.54) is 30.6 Å². The lowest BCUT2D eigenvalue weighted by Crippen LogP contribution is -2.37. The van der Waals surface area contributed by atoms with Crippen LogP contribution in [0.1, 0.15) is 49.4 Å². The van der Waals surface area contributed by atoms with Crippen LogP contribution >= 0.6 is 11.3 Å². The first-order valence-corrected chi connectivity index (χ1v) is 14.3. The zero-order valence-corrected chi connectivity index (χ0v) is 23.1. The highest BCUT2D eigenvalue weighted by Gasteiger charge is 2.25. The molecule has 1 atom stereocenters. The van der Waals surface area contributed by atoms with Gasteiger partial charge in [-0.05, 0) is 69.0 Å². The maximum absolute atomic E-state index is 13.3. The van der Waals surface area contributed by atoms with E-state index in [9.17, 15) is 13.2 Å². The van der Waals surface area contributed by atoms with Gasteiger partial charge in [-0.2, -0.15) is 8.42 Å². The zero-order valence-electron chi connectivity index (χ0n) is 21.4. The Morgan fingerprint density at radius 3 is 2.28 bits per heavy atom. The lowest BCUT2D eigenvalue weighted by Gasteiger charge is -2.29. The van der Waals surface area contributed by atoms with Crippen LogP contribution in [0.5, 0.6) is 11.5 Å². The molecule has 3 aromatic rings. The van der Waals surface area contributed by atoms with Crippen molar-refractivity contribution in [3.05, 3.63) is 70.4 Å². The molecule has 2 aromatic carbocycles. The number of carbonyl (C=O) groups excluding carboxylic acids is 1. The van der Waals surface area contributed by atoms with Gasteiger partial charge in [0, 0.05) is 43.0 Å². The van der Waals surface area contributed by atoms with Gasteiger partial charge in [0.05, 0.1) is 12.0 Å². The van der Waals surface area contributed by atoms with Crippen molar-refractivity contribution in [2.24, 2.45) is 0 Å². The predicted molar refractivity (Wildman–Crippen MR) is 145 cm³/mol. The first kappa shape index (κ1) is 27.5. The number of hydrogen-bond acceptors (Lipinski definition) is 7. The molecule has 0 bridgehead atoms. The Balaban J connectivity index is 2.03. The second-order valence-corrected chi connectivity index (χ2v) is 10.8. The van der Waals surface area contributed by atoms with Crippen LogP contribution in [0.25, 0.3) is 0 Å². The molecule has 1 amide bonds. The number of methoxy groups -OCH3 is 1. The maximum atomic E-state index is 13.3. The summed E-state index contributed by atoms with van der Waals surface area (Å²) in [6.45, 7) is 9.83. The molecule has 0 radical (unpaired) electrons. The summed E-state index contributed by atoms with van der Waals surface area (Å²) in [4.78, 5) is 17.9. The Bertz CT molecular complexity index is 1240. The van der Waals surface area contributed by atoms with Gasteiger partial charge in [-0.25, -0.2) is 0 Å². The van der Waals surface area contributed by atoms with Crippen molar-refractivity contribution in [1.82, 2.24) is 4.90 Å². The number of benzene rings is 2. The van der Waals surface area contributed by atoms with Crippen LogP contribution in [-0.2, 0) is 16.7 Å². The third-order valence-electron chi connectivity index (χ3n) is 6.18. The van der Waals surface area contributed by atoms with Crippen molar-refractivity contribution in [1.29, 1.82) is 0 Å². The van der Waals surface area contributed by atoms with E-state index in [2.05, 4.69) is 4.90 Å². The number of amides is 1. The average Bonchev–Trinajstić information content (AvgIpc) is 3.43. The van der Waals surface area contributed by atoms with E-state index in [0.29, 0.717) is 16.2 Å². The number of nitrogens with zero attached hydrogens (tertiary/aromatic N) is 2. The van der Waals surface area contributed by atoms with Crippen LogP contribution in [0.3, 0.4) is 0 Å². The monoisotopic (exact) mass is 530 g/mol. The SMILES string of the molecule is CCC(C)N(Cc1ccc(N(CC)CC)cc1OS(=O)(=O)c1ccc(OC)cc1)C(=O)c1cccs1. The number of carbonyl (C=O) groups is 1. The van der Waals surface area contributed by atoms with Gasteiger partial charge in [-0.1, -0.05) is 19.1 Å². The van der Waals surface area contributed by atoms with Crippen LogP contribution < -0.4 is 13.8 Å². The van der Waals surface area contributed by atoms with Gasteiger partial charge in [-0.3, -0.25) is 4.79 Å². The van der Waals surface area contributed by atoms with Crippen LogP contribution in [0, 0.1) is 0 Å². The molecule has 0 aliphatic rings. The second kappa shape index (κ2) is 12.3. The highest BCUT2D eigenvalue weighted by atomic mass is 32.2. The maximum Gasteiger partial charge on any atom is 0.339 e. The Kier molecular flexibility index (Phi) is 9.39. The molecule has 1 aromatic heterocycles. The Morgan fingerprint density at radius 2 is 1.72 bits per heavy atom. The quantitative estimate of drug-likeness (QED) is 0.275. The summed E-state index contributed by atoms with van der Waals surface area (Å²) in [6.07, 6.45) is 0.759. The summed E-state index contributed by atoms with van der Waals surface area (Å²) >= 11 is 1.39. The summed E-state index contributed by atoms with van der Waals surface area (Å²) in [5.74, 6) is 0.674. The van der Waals surface area contributed by atoms with Gasteiger partial charge in [-0.15, -0.1) is 11.3 Å². The normalized spacial score (nSPS) is 12.1. The summed E-state index contributed by atoms with van der Waals surface area (Å²) in [5.41, 5.74) is 1.47. The predicted octanol–water partition coefficient (Wildman–Crippen LogP) is 5.81. The van der Waals surface area contributed by atoms with Gasteiger partial charge in [0.25, 0.3) is 5.91 Å².